The average Bonchev–Trinajstić information content (AvgIpc) is 3.05. The summed E-state index contributed by atoms with van der Waals surface area (Å²) in [5, 5.41) is 0. The number of carbonyl (C=O) groups is 2. The summed E-state index contributed by atoms with van der Waals surface area (Å²) in [6.07, 6.45) is 0.348. The molecule has 0 radical (unpaired) electrons. The first kappa shape index (κ1) is 26.1. The number of rotatable bonds is 7. The monoisotopic (exact) mass is 484 g/mol. The first-order valence-corrected chi connectivity index (χ1v) is 13.3. The van der Waals surface area contributed by atoms with Crippen LogP contribution >= 0.6 is 0 Å². The second-order valence-electron chi connectivity index (χ2n) is 9.72. The van der Waals surface area contributed by atoms with Gasteiger partial charge in [-0.15, -0.1) is 0 Å². The molecule has 3 rings (SSSR count). The predicted molar refractivity (Wildman–Crippen MR) is 136 cm³/mol. The van der Waals surface area contributed by atoms with Crippen molar-refractivity contribution in [2.24, 2.45) is 0 Å². The third-order valence-electron chi connectivity index (χ3n) is 7.11. The summed E-state index contributed by atoms with van der Waals surface area (Å²) < 4.78 is 29.5. The van der Waals surface area contributed by atoms with Gasteiger partial charge in [0.2, 0.25) is 15.9 Å². The number of carbonyl (C=O) groups excluding carboxylic acids is 2. The van der Waals surface area contributed by atoms with E-state index in [0.717, 1.165) is 21.6 Å². The lowest BCUT2D eigenvalue weighted by molar-refractivity contribution is -0.122. The summed E-state index contributed by atoms with van der Waals surface area (Å²) in [7, 11) is -4.05. The molecular weight excluding hydrogens is 448 g/mol. The molecule has 2 amide bonds. The summed E-state index contributed by atoms with van der Waals surface area (Å²) in [5.41, 5.74) is 4.69. The Labute approximate surface area is 204 Å². The molecule has 1 fully saturated rings. The number of hydrogen-bond donors (Lipinski definition) is 0. The van der Waals surface area contributed by atoms with Crippen LogP contribution in [0.25, 0.3) is 0 Å². The number of benzene rings is 2. The van der Waals surface area contributed by atoms with E-state index < -0.39 is 28.0 Å². The van der Waals surface area contributed by atoms with Crippen molar-refractivity contribution in [3.8, 4) is 0 Å². The molecule has 2 aromatic rings. The molecule has 0 saturated carbocycles. The molecular formula is C27H36N2O4S. The van der Waals surface area contributed by atoms with Gasteiger partial charge in [0.1, 0.15) is 6.04 Å². The molecule has 0 aromatic heterocycles. The van der Waals surface area contributed by atoms with E-state index in [0.29, 0.717) is 29.2 Å². The summed E-state index contributed by atoms with van der Waals surface area (Å²) in [6.45, 7) is 15.2. The number of nitrogens with zero attached hydrogens (tertiary/aromatic N) is 2. The van der Waals surface area contributed by atoms with Gasteiger partial charge in [0, 0.05) is 6.04 Å². The van der Waals surface area contributed by atoms with Gasteiger partial charge in [-0.2, -0.15) is 4.31 Å². The molecule has 6 nitrogen and oxygen atoms in total. The predicted octanol–water partition coefficient (Wildman–Crippen LogP) is 5.16. The maximum absolute atomic E-state index is 14.1. The van der Waals surface area contributed by atoms with E-state index in [1.807, 2.05) is 39.0 Å². The van der Waals surface area contributed by atoms with Gasteiger partial charge < -0.3 is 0 Å². The van der Waals surface area contributed by atoms with Crippen molar-refractivity contribution in [3.63, 3.8) is 0 Å². The summed E-state index contributed by atoms with van der Waals surface area (Å²) in [5.74, 6) is -0.558. The van der Waals surface area contributed by atoms with Crippen molar-refractivity contribution in [1.82, 2.24) is 4.31 Å². The van der Waals surface area contributed by atoms with Gasteiger partial charge in [0.15, 0.2) is 0 Å². The van der Waals surface area contributed by atoms with Crippen LogP contribution in [-0.4, -0.2) is 36.6 Å². The molecule has 2 unspecified atom stereocenters. The Hall–Kier alpha value is -2.51. The quantitative estimate of drug-likeness (QED) is 0.509. The first-order valence-electron chi connectivity index (χ1n) is 11.9. The summed E-state index contributed by atoms with van der Waals surface area (Å²) in [6, 6.07) is 7.77. The van der Waals surface area contributed by atoms with Crippen LogP contribution in [0.1, 0.15) is 74.3 Å². The lowest BCUT2D eigenvalue weighted by atomic mass is 10.0. The maximum atomic E-state index is 14.1. The summed E-state index contributed by atoms with van der Waals surface area (Å²) >= 11 is 0. The molecule has 0 spiro atoms. The second-order valence-corrected chi connectivity index (χ2v) is 11.5. The molecule has 2 aromatic carbocycles. The second kappa shape index (κ2) is 9.62. The van der Waals surface area contributed by atoms with Gasteiger partial charge in [0.25, 0.3) is 5.91 Å². The van der Waals surface area contributed by atoms with E-state index in [2.05, 4.69) is 13.8 Å². The van der Waals surface area contributed by atoms with Crippen LogP contribution in [0.3, 0.4) is 0 Å². The first-order chi connectivity index (χ1) is 15.8. The smallest absolute Gasteiger partial charge is 0.252 e. The van der Waals surface area contributed by atoms with E-state index in [1.165, 1.54) is 4.31 Å². The number of amides is 2. The largest absolute Gasteiger partial charge is 0.274 e. The minimum absolute atomic E-state index is 0.169. The fraction of sp³-hybridized carbons (Fsp3) is 0.481. The maximum Gasteiger partial charge on any atom is 0.252 e. The Morgan fingerprint density at radius 1 is 0.971 bits per heavy atom. The normalized spacial score (nSPS) is 17.8. The molecule has 0 N–H and O–H groups in total. The van der Waals surface area contributed by atoms with Gasteiger partial charge in [-0.3, -0.25) is 9.59 Å². The molecule has 184 valence electrons. The van der Waals surface area contributed by atoms with Gasteiger partial charge in [-0.25, -0.2) is 13.3 Å². The van der Waals surface area contributed by atoms with E-state index in [4.69, 9.17) is 0 Å². The Balaban J connectivity index is 2.09. The van der Waals surface area contributed by atoms with Crippen molar-refractivity contribution in [2.45, 2.75) is 91.1 Å². The Bertz CT molecular complexity index is 1190. The van der Waals surface area contributed by atoms with E-state index in [9.17, 15) is 18.0 Å². The molecule has 1 saturated heterocycles. The number of hydrogen-bond acceptors (Lipinski definition) is 4. The van der Waals surface area contributed by atoms with Crippen LogP contribution in [0.2, 0.25) is 0 Å². The summed E-state index contributed by atoms with van der Waals surface area (Å²) in [4.78, 5) is 28.0. The molecule has 0 aliphatic carbocycles. The van der Waals surface area contributed by atoms with Crippen LogP contribution in [0.5, 0.6) is 0 Å². The van der Waals surface area contributed by atoms with Gasteiger partial charge >= 0.3 is 0 Å². The van der Waals surface area contributed by atoms with Crippen LogP contribution in [0, 0.1) is 27.7 Å². The molecule has 2 atom stereocenters. The molecule has 34 heavy (non-hydrogen) atoms. The van der Waals surface area contributed by atoms with Crippen molar-refractivity contribution in [3.05, 3.63) is 58.1 Å². The zero-order valence-electron chi connectivity index (χ0n) is 21.5. The SMILES string of the molecule is CCC(C)N(C1CC(=O)N(c2ccc(C(C)C)cc2)C1=O)S(=O)(=O)c1c(C)c(C)cc(C)c1C. The molecule has 1 aliphatic rings. The standard InChI is InChI=1S/C27H36N2O4S/c1-9-19(6)29(34(32,33)26-20(7)17(4)14-18(5)21(26)8)24-15-25(30)28(27(24)31)23-12-10-22(11-13-23)16(2)3/h10-14,16,19,24H,9,15H2,1-8H3. The highest BCUT2D eigenvalue weighted by molar-refractivity contribution is 7.89. The minimum atomic E-state index is -4.05. The average molecular weight is 485 g/mol. The van der Waals surface area contributed by atoms with E-state index >= 15 is 0 Å². The number of sulfonamides is 1. The highest BCUT2D eigenvalue weighted by atomic mass is 32.2. The van der Waals surface area contributed by atoms with Crippen LogP contribution in [-0.2, 0) is 19.6 Å². The molecule has 0 bridgehead atoms. The lowest BCUT2D eigenvalue weighted by Crippen LogP contribution is -2.49. The fourth-order valence-corrected chi connectivity index (χ4v) is 7.09. The van der Waals surface area contributed by atoms with E-state index in [-0.39, 0.29) is 17.2 Å². The zero-order chi connectivity index (χ0) is 25.5. The third kappa shape index (κ3) is 4.43. The van der Waals surface area contributed by atoms with Crippen LogP contribution < -0.4 is 4.90 Å². The highest BCUT2D eigenvalue weighted by Gasteiger charge is 2.49. The Kier molecular flexibility index (Phi) is 7.39. The minimum Gasteiger partial charge on any atom is -0.274 e. The zero-order valence-corrected chi connectivity index (χ0v) is 22.3. The van der Waals surface area contributed by atoms with Crippen LogP contribution in [0.15, 0.2) is 35.2 Å². The molecule has 7 heteroatoms. The van der Waals surface area contributed by atoms with E-state index in [1.54, 1.807) is 32.9 Å². The molecule has 1 heterocycles. The van der Waals surface area contributed by atoms with Crippen LogP contribution in [0.4, 0.5) is 5.69 Å². The van der Waals surface area contributed by atoms with Crippen molar-refractivity contribution in [1.29, 1.82) is 0 Å². The third-order valence-corrected chi connectivity index (χ3v) is 9.40. The topological polar surface area (TPSA) is 74.8 Å². The highest BCUT2D eigenvalue weighted by Crippen LogP contribution is 2.35. The number of imide groups is 1. The van der Waals surface area contributed by atoms with Gasteiger partial charge in [-0.1, -0.05) is 39.0 Å². The lowest BCUT2D eigenvalue weighted by Gasteiger charge is -2.33. The van der Waals surface area contributed by atoms with Crippen molar-refractivity contribution >= 4 is 27.5 Å². The Morgan fingerprint density at radius 3 is 1.97 bits per heavy atom. The van der Waals surface area contributed by atoms with Crippen molar-refractivity contribution in [2.75, 3.05) is 4.90 Å². The van der Waals surface area contributed by atoms with Gasteiger partial charge in [-0.05, 0) is 86.9 Å². The fourth-order valence-electron chi connectivity index (χ4n) is 4.66. The Morgan fingerprint density at radius 2 is 1.50 bits per heavy atom. The number of anilines is 1. The van der Waals surface area contributed by atoms with Gasteiger partial charge in [0.05, 0.1) is 17.0 Å². The number of aryl methyl sites for hydroxylation is 2. The van der Waals surface area contributed by atoms with Crippen molar-refractivity contribution < 1.29 is 18.0 Å². The molecule has 1 aliphatic heterocycles.